The quantitative estimate of drug-likeness (QED) is 0.807. The monoisotopic (exact) mass is 315 g/mol. The highest BCUT2D eigenvalue weighted by atomic mass is 79.9. The van der Waals surface area contributed by atoms with E-state index < -0.39 is 17.3 Å². The number of carboxylic acid groups (broad SMARTS) is 1. The molecule has 5 nitrogen and oxygen atoms in total. The molecule has 1 rings (SSSR count). The van der Waals surface area contributed by atoms with Crippen LogP contribution in [0.1, 0.15) is 12.5 Å². The highest BCUT2D eigenvalue weighted by Crippen LogP contribution is 2.29. The summed E-state index contributed by atoms with van der Waals surface area (Å²) in [6.45, 7) is 1.32. The number of carbonyl (C=O) groups excluding carboxylic acids is 1. The van der Waals surface area contributed by atoms with Crippen molar-refractivity contribution in [3.05, 3.63) is 28.2 Å². The van der Waals surface area contributed by atoms with Crippen LogP contribution >= 0.6 is 15.9 Å². The molecule has 0 aliphatic heterocycles. The Morgan fingerprint density at radius 1 is 1.50 bits per heavy atom. The molecule has 0 radical (unpaired) electrons. The Hall–Kier alpha value is -1.56. The Morgan fingerprint density at radius 3 is 2.50 bits per heavy atom. The minimum Gasteiger partial charge on any atom is -0.496 e. The lowest BCUT2D eigenvalue weighted by molar-refractivity contribution is -0.153. The molecule has 0 aliphatic rings. The number of nitrogens with two attached hydrogens (primary N) is 1. The van der Waals surface area contributed by atoms with Crippen LogP contribution in [0.25, 0.3) is 0 Å². The van der Waals surface area contributed by atoms with Crippen LogP contribution in [-0.4, -0.2) is 24.1 Å². The number of rotatable bonds is 5. The van der Waals surface area contributed by atoms with Crippen LogP contribution in [-0.2, 0) is 16.0 Å². The van der Waals surface area contributed by atoms with Gasteiger partial charge >= 0.3 is 5.97 Å². The minimum absolute atomic E-state index is 0.0280. The Balaban J connectivity index is 3.06. The van der Waals surface area contributed by atoms with Gasteiger partial charge in [0.2, 0.25) is 5.91 Å². The summed E-state index contributed by atoms with van der Waals surface area (Å²) in [5.41, 5.74) is 4.23. The molecule has 1 aromatic carbocycles. The van der Waals surface area contributed by atoms with Crippen LogP contribution in [0.4, 0.5) is 0 Å². The number of benzene rings is 1. The molecule has 0 spiro atoms. The van der Waals surface area contributed by atoms with E-state index in [1.165, 1.54) is 14.0 Å². The molecule has 0 aliphatic carbocycles. The average Bonchev–Trinajstić information content (AvgIpc) is 2.28. The predicted molar refractivity (Wildman–Crippen MR) is 69.3 cm³/mol. The van der Waals surface area contributed by atoms with Crippen molar-refractivity contribution in [2.24, 2.45) is 11.1 Å². The molecule has 18 heavy (non-hydrogen) atoms. The van der Waals surface area contributed by atoms with Gasteiger partial charge in [0.05, 0.1) is 11.6 Å². The number of primary amides is 1. The lowest BCUT2D eigenvalue weighted by Crippen LogP contribution is -2.43. The average molecular weight is 316 g/mol. The molecule has 0 saturated carbocycles. The first-order chi connectivity index (χ1) is 8.31. The molecule has 0 aromatic heterocycles. The van der Waals surface area contributed by atoms with Crippen LogP contribution in [0.5, 0.6) is 5.75 Å². The summed E-state index contributed by atoms with van der Waals surface area (Å²) >= 11 is 3.30. The van der Waals surface area contributed by atoms with E-state index in [1.807, 2.05) is 0 Å². The van der Waals surface area contributed by atoms with Gasteiger partial charge in [-0.2, -0.15) is 0 Å². The second-order valence-electron chi connectivity index (χ2n) is 4.15. The smallest absolute Gasteiger partial charge is 0.319 e. The van der Waals surface area contributed by atoms with Crippen LogP contribution in [0.3, 0.4) is 0 Å². The molecule has 1 atom stereocenters. The number of amides is 1. The zero-order chi connectivity index (χ0) is 13.9. The van der Waals surface area contributed by atoms with Gasteiger partial charge in [-0.05, 0) is 47.0 Å². The van der Waals surface area contributed by atoms with Crippen molar-refractivity contribution < 1.29 is 19.4 Å². The van der Waals surface area contributed by atoms with Gasteiger partial charge in [-0.25, -0.2) is 0 Å². The van der Waals surface area contributed by atoms with Crippen molar-refractivity contribution >= 4 is 27.8 Å². The van der Waals surface area contributed by atoms with E-state index in [4.69, 9.17) is 15.6 Å². The number of carboxylic acids is 1. The molecule has 0 saturated heterocycles. The summed E-state index contributed by atoms with van der Waals surface area (Å²) in [5, 5.41) is 9.10. The molecule has 1 unspecified atom stereocenters. The Kier molecular flexibility index (Phi) is 4.34. The Morgan fingerprint density at radius 2 is 2.11 bits per heavy atom. The van der Waals surface area contributed by atoms with Crippen LogP contribution in [0, 0.1) is 5.41 Å². The zero-order valence-corrected chi connectivity index (χ0v) is 11.7. The number of halogens is 1. The maximum atomic E-state index is 11.3. The van der Waals surface area contributed by atoms with Crippen molar-refractivity contribution in [2.45, 2.75) is 13.3 Å². The fourth-order valence-electron chi connectivity index (χ4n) is 1.50. The third-order valence-corrected chi connectivity index (χ3v) is 3.41. The second kappa shape index (κ2) is 5.39. The van der Waals surface area contributed by atoms with Crippen LogP contribution in [0.15, 0.2) is 22.7 Å². The molecule has 0 fully saturated rings. The summed E-state index contributed by atoms with van der Waals surface area (Å²) < 4.78 is 5.76. The number of hydrogen-bond acceptors (Lipinski definition) is 3. The van der Waals surface area contributed by atoms with Gasteiger partial charge in [0.1, 0.15) is 11.2 Å². The first-order valence-corrected chi connectivity index (χ1v) is 5.96. The van der Waals surface area contributed by atoms with E-state index in [-0.39, 0.29) is 6.42 Å². The highest BCUT2D eigenvalue weighted by molar-refractivity contribution is 9.10. The third-order valence-electron chi connectivity index (χ3n) is 2.79. The number of aliphatic carboxylic acids is 1. The van der Waals surface area contributed by atoms with Gasteiger partial charge in [-0.15, -0.1) is 0 Å². The van der Waals surface area contributed by atoms with E-state index in [0.717, 1.165) is 0 Å². The minimum atomic E-state index is -1.62. The van der Waals surface area contributed by atoms with Crippen molar-refractivity contribution in [3.63, 3.8) is 0 Å². The zero-order valence-electron chi connectivity index (χ0n) is 10.1. The fourth-order valence-corrected chi connectivity index (χ4v) is 2.08. The summed E-state index contributed by atoms with van der Waals surface area (Å²) in [6, 6.07) is 5.11. The first kappa shape index (κ1) is 14.5. The highest BCUT2D eigenvalue weighted by Gasteiger charge is 2.39. The maximum absolute atomic E-state index is 11.3. The van der Waals surface area contributed by atoms with Gasteiger partial charge in [0.25, 0.3) is 0 Å². The topological polar surface area (TPSA) is 89.6 Å². The molecule has 1 aromatic rings. The first-order valence-electron chi connectivity index (χ1n) is 5.17. The summed E-state index contributed by atoms with van der Waals surface area (Å²) in [7, 11) is 1.53. The van der Waals surface area contributed by atoms with E-state index in [9.17, 15) is 9.59 Å². The van der Waals surface area contributed by atoms with Gasteiger partial charge < -0.3 is 15.6 Å². The molecule has 98 valence electrons. The molecule has 0 heterocycles. The number of hydrogen-bond donors (Lipinski definition) is 2. The third kappa shape index (κ3) is 2.81. The largest absolute Gasteiger partial charge is 0.496 e. The van der Waals surface area contributed by atoms with E-state index in [1.54, 1.807) is 18.2 Å². The predicted octanol–water partition coefficient (Wildman–Crippen LogP) is 1.58. The van der Waals surface area contributed by atoms with Crippen molar-refractivity contribution in [2.75, 3.05) is 7.11 Å². The fraction of sp³-hybridized carbons (Fsp3) is 0.333. The van der Waals surface area contributed by atoms with Gasteiger partial charge in [0.15, 0.2) is 0 Å². The van der Waals surface area contributed by atoms with Crippen molar-refractivity contribution in [1.29, 1.82) is 0 Å². The Bertz CT molecular complexity index is 473. The maximum Gasteiger partial charge on any atom is 0.319 e. The molecular formula is C12H14BrNO4. The summed E-state index contributed by atoms with van der Waals surface area (Å²) in [5.74, 6) is -1.46. The number of ether oxygens (including phenoxy) is 1. The summed E-state index contributed by atoms with van der Waals surface area (Å²) in [4.78, 5) is 22.4. The molecule has 6 heteroatoms. The second-order valence-corrected chi connectivity index (χ2v) is 5.00. The summed E-state index contributed by atoms with van der Waals surface area (Å²) in [6.07, 6.45) is 0.0280. The lowest BCUT2D eigenvalue weighted by atomic mass is 9.83. The van der Waals surface area contributed by atoms with Gasteiger partial charge in [0, 0.05) is 0 Å². The van der Waals surface area contributed by atoms with Crippen molar-refractivity contribution in [3.8, 4) is 5.75 Å². The van der Waals surface area contributed by atoms with Crippen LogP contribution in [0.2, 0.25) is 0 Å². The SMILES string of the molecule is COc1ccc(CC(C)(C(N)=O)C(=O)O)cc1Br. The molecule has 0 bridgehead atoms. The molecular weight excluding hydrogens is 302 g/mol. The lowest BCUT2D eigenvalue weighted by Gasteiger charge is -2.21. The van der Waals surface area contributed by atoms with Crippen LogP contribution < -0.4 is 10.5 Å². The normalized spacial score (nSPS) is 13.7. The van der Waals surface area contributed by atoms with E-state index >= 15 is 0 Å². The standard InChI is InChI=1S/C12H14BrNO4/c1-12(10(14)15,11(16)17)6-7-3-4-9(18-2)8(13)5-7/h3-5H,6H2,1-2H3,(H2,14,15)(H,16,17). The van der Waals surface area contributed by atoms with E-state index in [0.29, 0.717) is 15.8 Å². The Labute approximate surface area is 113 Å². The molecule has 1 amide bonds. The van der Waals surface area contributed by atoms with Gasteiger partial charge in [-0.3, -0.25) is 9.59 Å². The number of carbonyl (C=O) groups is 2. The van der Waals surface area contributed by atoms with Gasteiger partial charge in [-0.1, -0.05) is 6.07 Å². The number of methoxy groups -OCH3 is 1. The molecule has 3 N–H and O–H groups in total. The van der Waals surface area contributed by atoms with E-state index in [2.05, 4.69) is 15.9 Å². The van der Waals surface area contributed by atoms with Crippen molar-refractivity contribution in [1.82, 2.24) is 0 Å².